The van der Waals surface area contributed by atoms with Crippen LogP contribution in [0.5, 0.6) is 0 Å². The lowest BCUT2D eigenvalue weighted by atomic mass is 10.5. The van der Waals surface area contributed by atoms with Gasteiger partial charge in [-0.25, -0.2) is 0 Å². The predicted molar refractivity (Wildman–Crippen MR) is 77.1 cm³/mol. The van der Waals surface area contributed by atoms with Gasteiger partial charge in [0.25, 0.3) is 5.78 Å². The lowest BCUT2D eigenvalue weighted by molar-refractivity contribution is 0.815. The second kappa shape index (κ2) is 5.54. The van der Waals surface area contributed by atoms with Crippen LogP contribution >= 0.6 is 23.1 Å². The first-order valence-electron chi connectivity index (χ1n) is 5.88. The highest BCUT2D eigenvalue weighted by Gasteiger charge is 2.10. The molecule has 0 saturated carbocycles. The molecule has 8 heteroatoms. The molecule has 0 bridgehead atoms. The monoisotopic (exact) mass is 292 g/mol. The second-order valence-electron chi connectivity index (χ2n) is 3.78. The van der Waals surface area contributed by atoms with Gasteiger partial charge in [0.05, 0.1) is 6.21 Å². The summed E-state index contributed by atoms with van der Waals surface area (Å²) in [6, 6.07) is 4.00. The van der Waals surface area contributed by atoms with Crippen LogP contribution in [0.2, 0.25) is 0 Å². The maximum atomic E-state index is 4.34. The molecule has 0 fully saturated rings. The van der Waals surface area contributed by atoms with Gasteiger partial charge in [-0.3, -0.25) is 0 Å². The molecule has 3 aromatic rings. The van der Waals surface area contributed by atoms with Crippen molar-refractivity contribution in [1.82, 2.24) is 24.5 Å². The molecule has 6 nitrogen and oxygen atoms in total. The molecule has 0 amide bonds. The minimum atomic E-state index is 0.631. The van der Waals surface area contributed by atoms with Crippen molar-refractivity contribution in [3.05, 3.63) is 28.7 Å². The Balaban J connectivity index is 1.87. The molecule has 19 heavy (non-hydrogen) atoms. The average molecular weight is 292 g/mol. The molecule has 0 aliphatic heterocycles. The Bertz CT molecular complexity index is 681. The highest BCUT2D eigenvalue weighted by Crippen LogP contribution is 2.16. The molecule has 0 aliphatic carbocycles. The molecule has 3 aromatic heterocycles. The predicted octanol–water partition coefficient (Wildman–Crippen LogP) is 2.37. The summed E-state index contributed by atoms with van der Waals surface area (Å²) >= 11 is 3.29. The maximum absolute atomic E-state index is 4.34. The molecule has 0 aromatic carbocycles. The zero-order chi connectivity index (χ0) is 13.1. The van der Waals surface area contributed by atoms with E-state index in [1.807, 2.05) is 17.5 Å². The van der Waals surface area contributed by atoms with Crippen molar-refractivity contribution in [3.63, 3.8) is 0 Å². The largest absolute Gasteiger partial charge is 0.275 e. The van der Waals surface area contributed by atoms with Crippen molar-refractivity contribution < 1.29 is 0 Å². The van der Waals surface area contributed by atoms with E-state index >= 15 is 0 Å². The molecule has 0 spiro atoms. The zero-order valence-corrected chi connectivity index (χ0v) is 11.9. The molecular weight excluding hydrogens is 280 g/mol. The van der Waals surface area contributed by atoms with E-state index in [9.17, 15) is 0 Å². The standard InChI is InChI=1S/C11H12N6S2/c1-2-5-19-11-15-14-10-16(8-13-17(10)11)12-7-9-4-3-6-18-9/h3-4,6-8H,2,5H2,1H3/b12-7-. The Morgan fingerprint density at radius 3 is 3.21 bits per heavy atom. The van der Waals surface area contributed by atoms with Crippen molar-refractivity contribution in [3.8, 4) is 0 Å². The third-order valence-electron chi connectivity index (χ3n) is 2.36. The van der Waals surface area contributed by atoms with Gasteiger partial charge >= 0.3 is 0 Å². The van der Waals surface area contributed by atoms with Crippen LogP contribution in [0.4, 0.5) is 0 Å². The molecule has 98 valence electrons. The summed E-state index contributed by atoms with van der Waals surface area (Å²) in [4.78, 5) is 1.09. The highest BCUT2D eigenvalue weighted by atomic mass is 32.2. The van der Waals surface area contributed by atoms with Gasteiger partial charge in [-0.2, -0.15) is 19.4 Å². The Kier molecular flexibility index (Phi) is 3.60. The second-order valence-corrected chi connectivity index (χ2v) is 5.82. The molecular formula is C11H12N6S2. The first-order chi connectivity index (χ1) is 9.38. The summed E-state index contributed by atoms with van der Waals surface area (Å²) in [5, 5.41) is 19.6. The lowest BCUT2D eigenvalue weighted by Crippen LogP contribution is -1.90. The minimum absolute atomic E-state index is 0.631. The fourth-order valence-corrected chi connectivity index (χ4v) is 2.82. The normalized spacial score (nSPS) is 11.8. The Hall–Kier alpha value is -1.67. The van der Waals surface area contributed by atoms with Crippen LogP contribution in [0.15, 0.2) is 34.1 Å². The summed E-state index contributed by atoms with van der Waals surface area (Å²) < 4.78 is 3.34. The Morgan fingerprint density at radius 2 is 2.42 bits per heavy atom. The number of fused-ring (bicyclic) bond motifs is 1. The minimum Gasteiger partial charge on any atom is -0.184 e. The molecule has 0 N–H and O–H groups in total. The third-order valence-corrected chi connectivity index (χ3v) is 4.30. The van der Waals surface area contributed by atoms with Crippen LogP contribution in [0.3, 0.4) is 0 Å². The molecule has 0 aliphatic rings. The van der Waals surface area contributed by atoms with E-state index in [0.29, 0.717) is 5.78 Å². The number of thioether (sulfide) groups is 1. The number of nitrogens with zero attached hydrogens (tertiary/aromatic N) is 6. The molecule has 3 rings (SSSR count). The van der Waals surface area contributed by atoms with Crippen molar-refractivity contribution in [2.75, 3.05) is 5.75 Å². The average Bonchev–Trinajstić information content (AvgIpc) is 3.12. The van der Waals surface area contributed by atoms with Crippen molar-refractivity contribution in [2.45, 2.75) is 18.5 Å². The first-order valence-corrected chi connectivity index (χ1v) is 7.74. The van der Waals surface area contributed by atoms with Crippen molar-refractivity contribution in [1.29, 1.82) is 0 Å². The summed E-state index contributed by atoms with van der Waals surface area (Å²) in [7, 11) is 0. The van der Waals surface area contributed by atoms with Gasteiger partial charge in [-0.1, -0.05) is 24.8 Å². The van der Waals surface area contributed by atoms with Gasteiger partial charge in [0.15, 0.2) is 0 Å². The van der Waals surface area contributed by atoms with E-state index < -0.39 is 0 Å². The fraction of sp³-hybridized carbons (Fsp3) is 0.273. The van der Waals surface area contributed by atoms with Gasteiger partial charge in [0, 0.05) is 10.6 Å². The summed E-state index contributed by atoms with van der Waals surface area (Å²) in [6.07, 6.45) is 4.53. The van der Waals surface area contributed by atoms with E-state index in [2.05, 4.69) is 27.3 Å². The topological polar surface area (TPSA) is 60.4 Å². The number of hydrogen-bond acceptors (Lipinski definition) is 6. The summed E-state index contributed by atoms with van der Waals surface area (Å²) in [5.41, 5.74) is 0. The van der Waals surface area contributed by atoms with Crippen LogP contribution in [0.1, 0.15) is 18.2 Å². The lowest BCUT2D eigenvalue weighted by Gasteiger charge is -1.91. The van der Waals surface area contributed by atoms with Gasteiger partial charge < -0.3 is 0 Å². The summed E-state index contributed by atoms with van der Waals surface area (Å²) in [6.45, 7) is 2.13. The number of rotatable bonds is 5. The third kappa shape index (κ3) is 2.54. The van der Waals surface area contributed by atoms with Gasteiger partial charge in [-0.05, 0) is 17.9 Å². The Labute approximate surface area is 118 Å². The van der Waals surface area contributed by atoms with Crippen LogP contribution in [-0.4, -0.2) is 36.5 Å². The molecule has 0 atom stereocenters. The van der Waals surface area contributed by atoms with Crippen molar-refractivity contribution >= 4 is 35.1 Å². The zero-order valence-electron chi connectivity index (χ0n) is 10.3. The molecule has 0 unspecified atom stereocenters. The molecule has 0 saturated heterocycles. The number of aromatic nitrogens is 5. The first kappa shape index (κ1) is 12.4. The smallest absolute Gasteiger partial charge is 0.184 e. The molecule has 3 heterocycles. The van der Waals surface area contributed by atoms with Crippen LogP contribution in [-0.2, 0) is 0 Å². The van der Waals surface area contributed by atoms with Crippen molar-refractivity contribution in [2.24, 2.45) is 5.10 Å². The quantitative estimate of drug-likeness (QED) is 0.535. The maximum Gasteiger partial charge on any atom is 0.275 e. The Morgan fingerprint density at radius 1 is 1.47 bits per heavy atom. The highest BCUT2D eigenvalue weighted by molar-refractivity contribution is 7.99. The number of hydrogen-bond donors (Lipinski definition) is 0. The van der Waals surface area contributed by atoms with Crippen LogP contribution < -0.4 is 0 Å². The fourth-order valence-electron chi connectivity index (χ4n) is 1.50. The number of thiophene rings is 1. The van der Waals surface area contributed by atoms with E-state index in [4.69, 9.17) is 0 Å². The van der Waals surface area contributed by atoms with E-state index in [0.717, 1.165) is 22.2 Å². The SMILES string of the molecule is CCCSc1nnc2n(/N=C\c3cccs3)cnn12. The van der Waals surface area contributed by atoms with Gasteiger partial charge in [0.1, 0.15) is 6.33 Å². The van der Waals surface area contributed by atoms with Crippen LogP contribution in [0, 0.1) is 0 Å². The van der Waals surface area contributed by atoms with Gasteiger partial charge in [-0.15, -0.1) is 21.5 Å². The summed E-state index contributed by atoms with van der Waals surface area (Å²) in [5.74, 6) is 1.64. The van der Waals surface area contributed by atoms with E-state index in [1.54, 1.807) is 44.8 Å². The van der Waals surface area contributed by atoms with Gasteiger partial charge in [0.2, 0.25) is 5.16 Å². The van der Waals surface area contributed by atoms with E-state index in [1.165, 1.54) is 0 Å². The van der Waals surface area contributed by atoms with E-state index in [-0.39, 0.29) is 0 Å². The molecule has 0 radical (unpaired) electrons. The van der Waals surface area contributed by atoms with Crippen LogP contribution in [0.25, 0.3) is 5.78 Å².